The first-order valence-electron chi connectivity index (χ1n) is 11.5. The van der Waals surface area contributed by atoms with E-state index in [-0.39, 0.29) is 11.8 Å². The van der Waals surface area contributed by atoms with Gasteiger partial charge in [0.1, 0.15) is 16.5 Å². The normalized spacial score (nSPS) is 20.7. The maximum atomic E-state index is 13.5. The van der Waals surface area contributed by atoms with E-state index in [9.17, 15) is 14.7 Å². The van der Waals surface area contributed by atoms with Crippen LogP contribution < -0.4 is 10.1 Å². The summed E-state index contributed by atoms with van der Waals surface area (Å²) in [4.78, 5) is 25.3. The van der Waals surface area contributed by atoms with Crippen LogP contribution in [0.15, 0.2) is 36.4 Å². The molecule has 2 atom stereocenters. The lowest BCUT2D eigenvalue weighted by atomic mass is 9.86. The molecule has 5 rings (SSSR count). The van der Waals surface area contributed by atoms with Gasteiger partial charge in [-0.1, -0.05) is 47.5 Å². The summed E-state index contributed by atoms with van der Waals surface area (Å²) in [6.07, 6.45) is 2.49. The first kappa shape index (κ1) is 24.0. The molecule has 35 heavy (non-hydrogen) atoms. The lowest BCUT2D eigenvalue weighted by molar-refractivity contribution is -0.139. The zero-order valence-corrected chi connectivity index (χ0v) is 20.9. The van der Waals surface area contributed by atoms with E-state index < -0.39 is 17.4 Å². The number of ether oxygens (including phenoxy) is 2. The van der Waals surface area contributed by atoms with Crippen LogP contribution in [0.5, 0.6) is 5.75 Å². The molecular weight excluding hydrogens is 491 g/mol. The van der Waals surface area contributed by atoms with Gasteiger partial charge in [0.2, 0.25) is 0 Å². The predicted octanol–water partition coefficient (Wildman–Crippen LogP) is 5.12. The third-order valence-corrected chi connectivity index (χ3v) is 8.07. The van der Waals surface area contributed by atoms with Crippen molar-refractivity contribution in [1.29, 1.82) is 0 Å². The highest BCUT2D eigenvalue weighted by atomic mass is 35.5. The maximum Gasteiger partial charge on any atom is 0.311 e. The second kappa shape index (κ2) is 9.04. The summed E-state index contributed by atoms with van der Waals surface area (Å²) in [5.74, 6) is -0.917. The number of nitrogens with zero attached hydrogens (tertiary/aromatic N) is 1. The molecule has 7 nitrogen and oxygen atoms in total. The zero-order chi connectivity index (χ0) is 24.9. The molecule has 1 aliphatic heterocycles. The van der Waals surface area contributed by atoms with Gasteiger partial charge in [-0.15, -0.1) is 0 Å². The van der Waals surface area contributed by atoms with Gasteiger partial charge in [-0.2, -0.15) is 0 Å². The van der Waals surface area contributed by atoms with E-state index in [0.717, 1.165) is 29.5 Å². The summed E-state index contributed by atoms with van der Waals surface area (Å²) in [6, 6.07) is 11.0. The number of carbonyl (C=O) groups is 2. The molecule has 1 saturated carbocycles. The third kappa shape index (κ3) is 4.15. The number of hydrogen-bond donors (Lipinski definition) is 2. The Kier molecular flexibility index (Phi) is 6.20. The highest BCUT2D eigenvalue weighted by molar-refractivity contribution is 6.46. The Balaban J connectivity index is 1.46. The van der Waals surface area contributed by atoms with Crippen LogP contribution in [0.25, 0.3) is 10.9 Å². The smallest absolute Gasteiger partial charge is 0.311 e. The van der Waals surface area contributed by atoms with Crippen molar-refractivity contribution in [1.82, 2.24) is 9.88 Å². The number of hydrogen-bond acceptors (Lipinski definition) is 4. The molecule has 0 radical (unpaired) electrons. The quantitative estimate of drug-likeness (QED) is 0.454. The molecule has 2 aromatic carbocycles. The van der Waals surface area contributed by atoms with Crippen LogP contribution in [0, 0.1) is 5.92 Å². The fourth-order valence-electron chi connectivity index (χ4n) is 5.05. The number of carboxylic acid groups (broad SMARTS) is 1. The SMILES string of the molecule is COc1cc2c(cc(C(=O)NC3(c4ccc(C(C(=O)O)C5CC5)cc4)CCOC3)n2C)c(Cl)c1Cl. The predicted molar refractivity (Wildman–Crippen MR) is 134 cm³/mol. The van der Waals surface area contributed by atoms with Gasteiger partial charge in [0, 0.05) is 31.5 Å². The van der Waals surface area contributed by atoms with Gasteiger partial charge >= 0.3 is 5.97 Å². The van der Waals surface area contributed by atoms with Gasteiger partial charge in [0.15, 0.2) is 0 Å². The lowest BCUT2D eigenvalue weighted by Gasteiger charge is -2.30. The van der Waals surface area contributed by atoms with Crippen LogP contribution >= 0.6 is 23.2 Å². The van der Waals surface area contributed by atoms with Gasteiger partial charge in [-0.3, -0.25) is 9.59 Å². The second-order valence-corrected chi connectivity index (χ2v) is 10.1. The number of methoxy groups -OCH3 is 1. The van der Waals surface area contributed by atoms with Crippen LogP contribution in [0.2, 0.25) is 10.0 Å². The number of aromatic nitrogens is 1. The molecule has 1 saturated heterocycles. The number of rotatable bonds is 7. The number of benzene rings is 2. The topological polar surface area (TPSA) is 89.8 Å². The number of halogens is 2. The largest absolute Gasteiger partial charge is 0.495 e. The minimum atomic E-state index is -0.793. The van der Waals surface area contributed by atoms with Gasteiger partial charge in [0.05, 0.1) is 35.7 Å². The number of nitrogens with one attached hydrogen (secondary N) is 1. The Morgan fingerprint density at radius 3 is 2.49 bits per heavy atom. The van der Waals surface area contributed by atoms with Crippen molar-refractivity contribution in [2.45, 2.75) is 30.7 Å². The Hall–Kier alpha value is -2.74. The molecule has 2 fully saturated rings. The molecule has 1 amide bonds. The van der Waals surface area contributed by atoms with Crippen molar-refractivity contribution in [3.63, 3.8) is 0 Å². The van der Waals surface area contributed by atoms with E-state index in [1.54, 1.807) is 23.7 Å². The van der Waals surface area contributed by atoms with Crippen LogP contribution in [0.3, 0.4) is 0 Å². The first-order valence-corrected chi connectivity index (χ1v) is 12.3. The Morgan fingerprint density at radius 2 is 1.91 bits per heavy atom. The fourth-order valence-corrected chi connectivity index (χ4v) is 5.53. The standard InChI is InChI=1S/C26H26Cl2N2O5/c1-30-18-12-20(34-2)23(28)22(27)17(18)11-19(30)24(31)29-26(9-10-35-13-26)16-7-5-15(6-8-16)21(25(32)33)14-3-4-14/h5-8,11-12,14,21H,3-4,9-10,13H2,1-2H3,(H,29,31)(H,32,33). The van der Waals surface area contributed by atoms with Gasteiger partial charge in [-0.25, -0.2) is 0 Å². The van der Waals surface area contributed by atoms with Crippen molar-refractivity contribution in [3.05, 3.63) is 63.3 Å². The molecule has 3 aromatic rings. The molecule has 2 unspecified atom stereocenters. The summed E-state index contributed by atoms with van der Waals surface area (Å²) in [5.41, 5.74) is 2.10. The number of aliphatic carboxylic acids is 1. The molecule has 184 valence electrons. The lowest BCUT2D eigenvalue weighted by Crippen LogP contribution is -2.47. The van der Waals surface area contributed by atoms with Crippen molar-refractivity contribution in [2.24, 2.45) is 13.0 Å². The molecule has 9 heteroatoms. The Morgan fingerprint density at radius 1 is 1.20 bits per heavy atom. The van der Waals surface area contributed by atoms with Crippen molar-refractivity contribution in [2.75, 3.05) is 20.3 Å². The second-order valence-electron chi connectivity index (χ2n) is 9.34. The summed E-state index contributed by atoms with van der Waals surface area (Å²) in [6.45, 7) is 0.836. The van der Waals surface area contributed by atoms with Gasteiger partial charge in [-0.05, 0) is 36.0 Å². The van der Waals surface area contributed by atoms with Crippen LogP contribution in [0.4, 0.5) is 0 Å². The van der Waals surface area contributed by atoms with E-state index >= 15 is 0 Å². The van der Waals surface area contributed by atoms with E-state index in [2.05, 4.69) is 5.32 Å². The van der Waals surface area contributed by atoms with Crippen molar-refractivity contribution >= 4 is 46.0 Å². The summed E-state index contributed by atoms with van der Waals surface area (Å²) >= 11 is 12.8. The number of carbonyl (C=O) groups excluding carboxylic acids is 1. The van der Waals surface area contributed by atoms with E-state index in [1.165, 1.54) is 7.11 Å². The number of aryl methyl sites for hydroxylation is 1. The van der Waals surface area contributed by atoms with Crippen molar-refractivity contribution < 1.29 is 24.2 Å². The van der Waals surface area contributed by atoms with Crippen LogP contribution in [-0.2, 0) is 22.1 Å². The number of carboxylic acids is 1. The monoisotopic (exact) mass is 516 g/mol. The molecule has 2 N–H and O–H groups in total. The Bertz CT molecular complexity index is 1310. The minimum absolute atomic E-state index is 0.201. The van der Waals surface area contributed by atoms with Crippen LogP contribution in [-0.4, -0.2) is 41.9 Å². The fraction of sp³-hybridized carbons (Fsp3) is 0.385. The average Bonchev–Trinajstić information content (AvgIpc) is 3.45. The minimum Gasteiger partial charge on any atom is -0.495 e. The molecule has 0 bridgehead atoms. The molecule has 1 aliphatic carbocycles. The zero-order valence-electron chi connectivity index (χ0n) is 19.4. The number of amides is 1. The molecule has 1 aromatic heterocycles. The molecule has 2 aliphatic rings. The molecule has 0 spiro atoms. The maximum absolute atomic E-state index is 13.5. The molecular formula is C26H26Cl2N2O5. The summed E-state index contributed by atoms with van der Waals surface area (Å²) < 4.78 is 12.8. The van der Waals surface area contributed by atoms with E-state index in [1.807, 2.05) is 24.3 Å². The third-order valence-electron chi connectivity index (χ3n) is 7.20. The highest BCUT2D eigenvalue weighted by Crippen LogP contribution is 2.43. The molecule has 2 heterocycles. The van der Waals surface area contributed by atoms with Crippen LogP contribution in [0.1, 0.15) is 46.8 Å². The van der Waals surface area contributed by atoms with Gasteiger partial charge < -0.3 is 24.5 Å². The number of fused-ring (bicyclic) bond motifs is 1. The summed E-state index contributed by atoms with van der Waals surface area (Å²) in [7, 11) is 3.30. The first-order chi connectivity index (χ1) is 16.8. The van der Waals surface area contributed by atoms with E-state index in [4.69, 9.17) is 32.7 Å². The Labute approximate surface area is 212 Å². The summed E-state index contributed by atoms with van der Waals surface area (Å²) in [5, 5.41) is 14.1. The average molecular weight is 517 g/mol. The van der Waals surface area contributed by atoms with Gasteiger partial charge in [0.25, 0.3) is 5.91 Å². The highest BCUT2D eigenvalue weighted by Gasteiger charge is 2.40. The van der Waals surface area contributed by atoms with Crippen molar-refractivity contribution in [3.8, 4) is 5.75 Å². The van der Waals surface area contributed by atoms with E-state index in [0.29, 0.717) is 46.5 Å².